The maximum atomic E-state index is 12.0. The van der Waals surface area contributed by atoms with E-state index in [9.17, 15) is 4.79 Å². The van der Waals surface area contributed by atoms with Gasteiger partial charge in [0.2, 0.25) is 5.91 Å². The minimum atomic E-state index is 0.0639. The maximum Gasteiger partial charge on any atom is 0.224 e. The van der Waals surface area contributed by atoms with Gasteiger partial charge in [0.15, 0.2) is 5.96 Å². The van der Waals surface area contributed by atoms with Gasteiger partial charge in [0.1, 0.15) is 0 Å². The molecule has 0 spiro atoms. The monoisotopic (exact) mass is 376 g/mol. The molecule has 2 rings (SSSR count). The number of carbonyl (C=O) groups excluding carboxylic acids is 1. The van der Waals surface area contributed by atoms with E-state index in [1.807, 2.05) is 50.9 Å². The van der Waals surface area contributed by atoms with E-state index in [1.54, 1.807) is 0 Å². The second-order valence-corrected chi connectivity index (χ2v) is 9.58. The second kappa shape index (κ2) is 9.31. The molecule has 0 atom stereocenters. The highest BCUT2D eigenvalue weighted by atomic mass is 32.2. The summed E-state index contributed by atoms with van der Waals surface area (Å²) in [5, 5.41) is 6.44. The molecule has 1 aliphatic rings. The van der Waals surface area contributed by atoms with Gasteiger partial charge in [-0.05, 0) is 37.5 Å². The highest BCUT2D eigenvalue weighted by Gasteiger charge is 2.28. The molecule has 1 saturated heterocycles. The molecular weight excluding hydrogens is 344 g/mol. The van der Waals surface area contributed by atoms with Crippen LogP contribution in [0.3, 0.4) is 0 Å². The number of aliphatic imine (C=N–C) groups is 1. The normalized spacial score (nSPS) is 17.3. The minimum Gasteiger partial charge on any atom is -0.352 e. The van der Waals surface area contributed by atoms with Gasteiger partial charge in [-0.15, -0.1) is 0 Å². The van der Waals surface area contributed by atoms with Crippen molar-refractivity contribution < 1.29 is 4.79 Å². The molecule has 6 heteroatoms. The Bertz CT molecular complexity index is 642. The van der Waals surface area contributed by atoms with Gasteiger partial charge in [0.25, 0.3) is 0 Å². The molecule has 0 aliphatic carbocycles. The maximum absolute atomic E-state index is 12.0. The highest BCUT2D eigenvalue weighted by molar-refractivity contribution is 8.00. The van der Waals surface area contributed by atoms with Crippen molar-refractivity contribution in [3.05, 3.63) is 29.8 Å². The molecule has 1 aliphatic heterocycles. The van der Waals surface area contributed by atoms with E-state index in [-0.39, 0.29) is 10.7 Å². The SMILES string of the molecule is CN=C(NCc1cccc(NC(=O)CC(C)C)c1)N1CCSC(C)(C)C1. The Hall–Kier alpha value is -1.69. The summed E-state index contributed by atoms with van der Waals surface area (Å²) in [5.41, 5.74) is 1.97. The van der Waals surface area contributed by atoms with Crippen LogP contribution >= 0.6 is 11.8 Å². The molecule has 1 fully saturated rings. The lowest BCUT2D eigenvalue weighted by Gasteiger charge is -2.39. The van der Waals surface area contributed by atoms with Crippen molar-refractivity contribution in [1.82, 2.24) is 10.2 Å². The summed E-state index contributed by atoms with van der Waals surface area (Å²) in [6.45, 7) is 11.3. The van der Waals surface area contributed by atoms with Crippen LogP contribution in [0.4, 0.5) is 5.69 Å². The van der Waals surface area contributed by atoms with Crippen LogP contribution in [0, 0.1) is 5.92 Å². The molecule has 0 bridgehead atoms. The summed E-state index contributed by atoms with van der Waals surface area (Å²) in [5.74, 6) is 2.47. The van der Waals surface area contributed by atoms with Crippen molar-refractivity contribution >= 4 is 29.3 Å². The first-order chi connectivity index (χ1) is 12.3. The standard InChI is InChI=1S/C20H32N4OS/c1-15(2)11-18(25)23-17-8-6-7-16(12-17)13-22-19(21-5)24-9-10-26-20(3,4)14-24/h6-8,12,15H,9-11,13-14H2,1-5H3,(H,21,22)(H,23,25). The summed E-state index contributed by atoms with van der Waals surface area (Å²) in [7, 11) is 1.83. The van der Waals surface area contributed by atoms with Crippen LogP contribution in [-0.2, 0) is 11.3 Å². The molecule has 1 heterocycles. The van der Waals surface area contributed by atoms with Gasteiger partial charge in [-0.1, -0.05) is 26.0 Å². The fourth-order valence-electron chi connectivity index (χ4n) is 3.05. The number of guanidine groups is 1. The van der Waals surface area contributed by atoms with E-state index in [4.69, 9.17) is 0 Å². The Kier molecular flexibility index (Phi) is 7.38. The van der Waals surface area contributed by atoms with Crippen molar-refractivity contribution in [2.75, 3.05) is 31.2 Å². The number of carbonyl (C=O) groups is 1. The number of hydrogen-bond donors (Lipinski definition) is 2. The van der Waals surface area contributed by atoms with Crippen molar-refractivity contribution in [1.29, 1.82) is 0 Å². The fraction of sp³-hybridized carbons (Fsp3) is 0.600. The average molecular weight is 377 g/mol. The van der Waals surface area contributed by atoms with Gasteiger partial charge in [-0.3, -0.25) is 9.79 Å². The summed E-state index contributed by atoms with van der Waals surface area (Å²) in [6.07, 6.45) is 0.540. The molecule has 1 aromatic rings. The van der Waals surface area contributed by atoms with E-state index in [2.05, 4.69) is 40.4 Å². The van der Waals surface area contributed by atoms with Gasteiger partial charge in [0, 0.05) is 49.3 Å². The number of hydrogen-bond acceptors (Lipinski definition) is 3. The zero-order valence-corrected chi connectivity index (χ0v) is 17.4. The lowest BCUT2D eigenvalue weighted by molar-refractivity contribution is -0.116. The number of amides is 1. The van der Waals surface area contributed by atoms with Gasteiger partial charge in [0.05, 0.1) is 0 Å². The van der Waals surface area contributed by atoms with Crippen LogP contribution in [0.25, 0.3) is 0 Å². The Morgan fingerprint density at radius 1 is 1.38 bits per heavy atom. The van der Waals surface area contributed by atoms with Gasteiger partial charge >= 0.3 is 0 Å². The predicted molar refractivity (Wildman–Crippen MR) is 113 cm³/mol. The molecule has 0 saturated carbocycles. The molecule has 1 aromatic carbocycles. The van der Waals surface area contributed by atoms with E-state index in [1.165, 1.54) is 0 Å². The molecule has 2 N–H and O–H groups in total. The average Bonchev–Trinajstić information content (AvgIpc) is 2.54. The Labute approximate surface area is 162 Å². The zero-order chi connectivity index (χ0) is 19.2. The number of rotatable bonds is 5. The molecule has 5 nitrogen and oxygen atoms in total. The number of nitrogens with one attached hydrogen (secondary N) is 2. The summed E-state index contributed by atoms with van der Waals surface area (Å²) in [4.78, 5) is 18.7. The van der Waals surface area contributed by atoms with Gasteiger partial charge in [-0.25, -0.2) is 0 Å². The molecule has 0 radical (unpaired) electrons. The van der Waals surface area contributed by atoms with Crippen LogP contribution in [-0.4, -0.2) is 47.4 Å². The third-order valence-electron chi connectivity index (χ3n) is 4.19. The minimum absolute atomic E-state index is 0.0639. The van der Waals surface area contributed by atoms with Crippen molar-refractivity contribution in [3.8, 4) is 0 Å². The summed E-state index contributed by atoms with van der Waals surface area (Å²) < 4.78 is 0.247. The van der Waals surface area contributed by atoms with Gasteiger partial charge < -0.3 is 15.5 Å². The molecule has 0 unspecified atom stereocenters. The Morgan fingerprint density at radius 2 is 2.15 bits per heavy atom. The first kappa shape index (κ1) is 20.6. The van der Waals surface area contributed by atoms with Crippen molar-refractivity contribution in [2.24, 2.45) is 10.9 Å². The van der Waals surface area contributed by atoms with Gasteiger partial charge in [-0.2, -0.15) is 11.8 Å². The van der Waals surface area contributed by atoms with Crippen LogP contribution in [0.2, 0.25) is 0 Å². The Balaban J connectivity index is 1.93. The van der Waals surface area contributed by atoms with Crippen LogP contribution in [0.5, 0.6) is 0 Å². The van der Waals surface area contributed by atoms with E-state index < -0.39 is 0 Å². The molecule has 0 aromatic heterocycles. The predicted octanol–water partition coefficient (Wildman–Crippen LogP) is 3.57. The van der Waals surface area contributed by atoms with E-state index >= 15 is 0 Å². The smallest absolute Gasteiger partial charge is 0.224 e. The van der Waals surface area contributed by atoms with Crippen LogP contribution < -0.4 is 10.6 Å². The topological polar surface area (TPSA) is 56.7 Å². The first-order valence-corrected chi connectivity index (χ1v) is 10.3. The first-order valence-electron chi connectivity index (χ1n) is 9.27. The zero-order valence-electron chi connectivity index (χ0n) is 16.6. The third-order valence-corrected chi connectivity index (χ3v) is 5.49. The van der Waals surface area contributed by atoms with E-state index in [0.717, 1.165) is 36.1 Å². The van der Waals surface area contributed by atoms with E-state index in [0.29, 0.717) is 18.9 Å². The van der Waals surface area contributed by atoms with Crippen molar-refractivity contribution in [3.63, 3.8) is 0 Å². The largest absolute Gasteiger partial charge is 0.352 e. The lowest BCUT2D eigenvalue weighted by atomic mass is 10.1. The summed E-state index contributed by atoms with van der Waals surface area (Å²) in [6, 6.07) is 8.00. The lowest BCUT2D eigenvalue weighted by Crippen LogP contribution is -2.50. The fourth-order valence-corrected chi connectivity index (χ4v) is 4.16. The second-order valence-electron chi connectivity index (χ2n) is 7.78. The third kappa shape index (κ3) is 6.56. The molecule has 26 heavy (non-hydrogen) atoms. The van der Waals surface area contributed by atoms with Crippen molar-refractivity contribution in [2.45, 2.75) is 45.4 Å². The Morgan fingerprint density at radius 3 is 2.81 bits per heavy atom. The highest BCUT2D eigenvalue weighted by Crippen LogP contribution is 2.29. The number of anilines is 1. The molecule has 1 amide bonds. The number of thioether (sulfide) groups is 1. The van der Waals surface area contributed by atoms with Crippen LogP contribution in [0.15, 0.2) is 29.3 Å². The molecular formula is C20H32N4OS. The summed E-state index contributed by atoms with van der Waals surface area (Å²) >= 11 is 2.01. The quantitative estimate of drug-likeness (QED) is 0.609. The molecule has 144 valence electrons. The van der Waals surface area contributed by atoms with Crippen LogP contribution in [0.1, 0.15) is 39.7 Å². The number of nitrogens with zero attached hydrogens (tertiary/aromatic N) is 2. The number of benzene rings is 1.